The fraction of sp³-hybridized carbons (Fsp3) is 0.429. The maximum atomic E-state index is 13.9. The van der Waals surface area contributed by atoms with Crippen LogP contribution in [0.3, 0.4) is 0 Å². The van der Waals surface area contributed by atoms with Gasteiger partial charge in [-0.05, 0) is 32.9 Å². The van der Waals surface area contributed by atoms with Crippen LogP contribution in [0.4, 0.5) is 13.6 Å². The molecule has 0 spiro atoms. The highest BCUT2D eigenvalue weighted by Gasteiger charge is 2.18. The van der Waals surface area contributed by atoms with E-state index in [0.29, 0.717) is 0 Å². The molecule has 0 aliphatic heterocycles. The van der Waals surface area contributed by atoms with Crippen LogP contribution < -0.4 is 11.1 Å². The van der Waals surface area contributed by atoms with E-state index in [1.54, 1.807) is 20.8 Å². The van der Waals surface area contributed by atoms with E-state index in [9.17, 15) is 13.6 Å². The summed E-state index contributed by atoms with van der Waals surface area (Å²) in [6.07, 6.45) is -0.768. The summed E-state index contributed by atoms with van der Waals surface area (Å²) in [6.45, 7) is 4.69. The Balaban J connectivity index is 2.85. The normalized spacial score (nSPS) is 12.0. The topological polar surface area (TPSA) is 85.9 Å². The molecule has 0 unspecified atom stereocenters. The number of rotatable bonds is 4. The molecule has 8 heteroatoms. The Kier molecular flexibility index (Phi) is 5.67. The molecule has 1 amide bonds. The van der Waals surface area contributed by atoms with Gasteiger partial charge in [-0.3, -0.25) is 0 Å². The SMILES string of the molecule is CO/N=C(/N)c1cc(F)c(CNC(=O)OC(C)(C)C)c(F)c1. The van der Waals surface area contributed by atoms with Gasteiger partial charge in [-0.2, -0.15) is 0 Å². The predicted octanol–water partition coefficient (Wildman–Crippen LogP) is 2.26. The van der Waals surface area contributed by atoms with Gasteiger partial charge in [0.15, 0.2) is 5.84 Å². The van der Waals surface area contributed by atoms with E-state index in [4.69, 9.17) is 10.5 Å². The number of ether oxygens (including phenoxy) is 1. The van der Waals surface area contributed by atoms with Crippen LogP contribution in [-0.4, -0.2) is 24.6 Å². The van der Waals surface area contributed by atoms with Gasteiger partial charge in [0, 0.05) is 11.1 Å². The molecule has 1 aromatic carbocycles. The standard InChI is InChI=1S/C14H19F2N3O3/c1-14(2,3)22-13(20)18-7-9-10(15)5-8(6-11(9)16)12(17)19-21-4/h5-6H,7H2,1-4H3,(H2,17,19)(H,18,20). The van der Waals surface area contributed by atoms with Crippen LogP contribution in [0.25, 0.3) is 0 Å². The van der Waals surface area contributed by atoms with E-state index in [1.807, 2.05) is 0 Å². The van der Waals surface area contributed by atoms with Gasteiger partial charge in [0.05, 0.1) is 6.54 Å². The summed E-state index contributed by atoms with van der Waals surface area (Å²) in [6, 6.07) is 2.01. The number of hydrogen-bond acceptors (Lipinski definition) is 4. The summed E-state index contributed by atoms with van der Waals surface area (Å²) in [7, 11) is 1.26. The highest BCUT2D eigenvalue weighted by Crippen LogP contribution is 2.16. The van der Waals surface area contributed by atoms with Crippen LogP contribution in [0.15, 0.2) is 17.3 Å². The van der Waals surface area contributed by atoms with Crippen LogP contribution in [0.1, 0.15) is 31.9 Å². The lowest BCUT2D eigenvalue weighted by atomic mass is 10.1. The number of benzene rings is 1. The Bertz CT molecular complexity index is 560. The number of alkyl carbamates (subject to hydrolysis) is 1. The van der Waals surface area contributed by atoms with Gasteiger partial charge in [0.1, 0.15) is 24.3 Å². The van der Waals surface area contributed by atoms with Gasteiger partial charge in [-0.1, -0.05) is 5.16 Å². The number of carbonyl (C=O) groups excluding carboxylic acids is 1. The van der Waals surface area contributed by atoms with E-state index in [2.05, 4.69) is 15.3 Å². The van der Waals surface area contributed by atoms with Gasteiger partial charge in [-0.25, -0.2) is 13.6 Å². The number of carbonyl (C=O) groups is 1. The van der Waals surface area contributed by atoms with E-state index in [0.717, 1.165) is 12.1 Å². The van der Waals surface area contributed by atoms with E-state index in [1.165, 1.54) is 7.11 Å². The molecule has 3 N–H and O–H groups in total. The third-order valence-corrected chi connectivity index (χ3v) is 2.43. The van der Waals surface area contributed by atoms with Crippen LogP contribution in [-0.2, 0) is 16.1 Å². The molecule has 1 aromatic rings. The fourth-order valence-electron chi connectivity index (χ4n) is 1.55. The lowest BCUT2D eigenvalue weighted by Gasteiger charge is -2.19. The van der Waals surface area contributed by atoms with Gasteiger partial charge >= 0.3 is 6.09 Å². The maximum absolute atomic E-state index is 13.9. The lowest BCUT2D eigenvalue weighted by molar-refractivity contribution is 0.0522. The molecule has 0 saturated carbocycles. The second-order valence-corrected chi connectivity index (χ2v) is 5.43. The van der Waals surface area contributed by atoms with Gasteiger partial charge < -0.3 is 20.6 Å². The summed E-state index contributed by atoms with van der Waals surface area (Å²) >= 11 is 0. The molecule has 0 heterocycles. The minimum Gasteiger partial charge on any atom is -0.444 e. The molecular weight excluding hydrogens is 296 g/mol. The number of nitrogens with zero attached hydrogens (tertiary/aromatic N) is 1. The summed E-state index contributed by atoms with van der Waals surface area (Å²) < 4.78 is 32.8. The number of hydrogen-bond donors (Lipinski definition) is 2. The second kappa shape index (κ2) is 7.06. The highest BCUT2D eigenvalue weighted by molar-refractivity contribution is 5.97. The Hall–Kier alpha value is -2.38. The van der Waals surface area contributed by atoms with Crippen LogP contribution in [0.2, 0.25) is 0 Å². The average Bonchev–Trinajstić information content (AvgIpc) is 2.35. The van der Waals surface area contributed by atoms with Crippen molar-refractivity contribution in [3.05, 3.63) is 34.9 Å². The number of amides is 1. The first kappa shape index (κ1) is 17.7. The van der Waals surface area contributed by atoms with Crippen molar-refractivity contribution >= 4 is 11.9 Å². The van der Waals surface area contributed by atoms with E-state index >= 15 is 0 Å². The van der Waals surface area contributed by atoms with Crippen molar-refractivity contribution < 1.29 is 23.1 Å². The lowest BCUT2D eigenvalue weighted by Crippen LogP contribution is -2.32. The van der Waals surface area contributed by atoms with Crippen molar-refractivity contribution in [1.29, 1.82) is 0 Å². The Morgan fingerprint density at radius 2 is 1.86 bits per heavy atom. The monoisotopic (exact) mass is 315 g/mol. The zero-order chi connectivity index (χ0) is 16.9. The zero-order valence-corrected chi connectivity index (χ0v) is 12.9. The van der Waals surface area contributed by atoms with Crippen LogP contribution in [0.5, 0.6) is 0 Å². The van der Waals surface area contributed by atoms with Crippen molar-refractivity contribution in [3.63, 3.8) is 0 Å². The predicted molar refractivity (Wildman–Crippen MR) is 77.2 cm³/mol. The molecular formula is C14H19F2N3O3. The van der Waals surface area contributed by atoms with Crippen LogP contribution >= 0.6 is 0 Å². The second-order valence-electron chi connectivity index (χ2n) is 5.43. The minimum atomic E-state index is -0.861. The number of oxime groups is 1. The van der Waals surface area contributed by atoms with Crippen molar-refractivity contribution in [1.82, 2.24) is 5.32 Å². The molecule has 0 saturated heterocycles. The molecule has 0 radical (unpaired) electrons. The first-order valence-corrected chi connectivity index (χ1v) is 6.46. The maximum Gasteiger partial charge on any atom is 0.407 e. The Labute approximate surface area is 127 Å². The molecule has 6 nitrogen and oxygen atoms in total. The quantitative estimate of drug-likeness (QED) is 0.507. The molecule has 22 heavy (non-hydrogen) atoms. The summed E-state index contributed by atoms with van der Waals surface area (Å²) in [5, 5.41) is 5.68. The number of nitrogens with two attached hydrogens (primary N) is 1. The molecule has 0 bridgehead atoms. The molecule has 0 fully saturated rings. The molecule has 0 atom stereocenters. The van der Waals surface area contributed by atoms with Crippen molar-refractivity contribution in [2.75, 3.05) is 7.11 Å². The third kappa shape index (κ3) is 5.19. The summed E-state index contributed by atoms with van der Waals surface area (Å²) in [5.74, 6) is -1.88. The highest BCUT2D eigenvalue weighted by atomic mass is 19.1. The first-order valence-electron chi connectivity index (χ1n) is 6.46. The fourth-order valence-corrected chi connectivity index (χ4v) is 1.55. The van der Waals surface area contributed by atoms with Gasteiger partial charge in [0.2, 0.25) is 0 Å². The molecule has 0 aliphatic carbocycles. The Morgan fingerprint density at radius 1 is 1.32 bits per heavy atom. The summed E-state index contributed by atoms with van der Waals surface area (Å²) in [4.78, 5) is 15.9. The number of halogens is 2. The molecule has 1 rings (SSSR count). The minimum absolute atomic E-state index is 0.0397. The van der Waals surface area contributed by atoms with Crippen LogP contribution in [0, 0.1) is 11.6 Å². The van der Waals surface area contributed by atoms with Crippen molar-refractivity contribution in [3.8, 4) is 0 Å². The number of nitrogens with one attached hydrogen (secondary N) is 1. The zero-order valence-electron chi connectivity index (χ0n) is 12.9. The number of amidine groups is 1. The van der Waals surface area contributed by atoms with E-state index < -0.39 is 23.3 Å². The Morgan fingerprint density at radius 3 is 2.32 bits per heavy atom. The van der Waals surface area contributed by atoms with Gasteiger partial charge in [-0.15, -0.1) is 0 Å². The third-order valence-electron chi connectivity index (χ3n) is 2.43. The molecule has 122 valence electrons. The summed E-state index contributed by atoms with van der Waals surface area (Å²) in [5.41, 5.74) is 4.52. The van der Waals surface area contributed by atoms with Gasteiger partial charge in [0.25, 0.3) is 0 Å². The largest absolute Gasteiger partial charge is 0.444 e. The van der Waals surface area contributed by atoms with Crippen molar-refractivity contribution in [2.24, 2.45) is 10.9 Å². The van der Waals surface area contributed by atoms with E-state index in [-0.39, 0.29) is 23.5 Å². The smallest absolute Gasteiger partial charge is 0.407 e. The molecule has 0 aliphatic rings. The van der Waals surface area contributed by atoms with Crippen molar-refractivity contribution in [2.45, 2.75) is 32.9 Å². The molecule has 0 aromatic heterocycles. The average molecular weight is 315 g/mol. The first-order chi connectivity index (χ1) is 10.1.